The number of likely N-dealkylation sites (N-methyl/N-ethyl adjacent to an activating group) is 1. The Morgan fingerprint density at radius 3 is 2.64 bits per heavy atom. The number of hydrogen-bond acceptors (Lipinski definition) is 8. The average Bonchev–Trinajstić information content (AvgIpc) is 2.89. The molecule has 2 aromatic carbocycles. The van der Waals surface area contributed by atoms with E-state index in [1.165, 1.54) is 24.3 Å². The quantitative estimate of drug-likeness (QED) is 0.474. The number of alkyl halides is 3. The number of hydrogen-bond donors (Lipinski definition) is 2. The fourth-order valence-corrected chi connectivity index (χ4v) is 4.24. The number of aromatic nitrogens is 2. The van der Waals surface area contributed by atoms with Gasteiger partial charge in [0.2, 0.25) is 5.75 Å². The second-order valence-electron chi connectivity index (χ2n) is 8.95. The topological polar surface area (TPSA) is 109 Å². The van der Waals surface area contributed by atoms with E-state index in [4.69, 9.17) is 21.1 Å². The monoisotopic (exact) mass is 562 g/mol. The van der Waals surface area contributed by atoms with Crippen LogP contribution in [0.1, 0.15) is 15.9 Å². The van der Waals surface area contributed by atoms with E-state index < -0.39 is 23.6 Å². The fraction of sp³-hybridized carbons (Fsp3) is 0.280. The number of carbonyl (C=O) groups is 2. The van der Waals surface area contributed by atoms with E-state index in [2.05, 4.69) is 25.5 Å². The normalized spacial score (nSPS) is 15.7. The van der Waals surface area contributed by atoms with Crippen molar-refractivity contribution in [1.29, 1.82) is 0 Å². The molecule has 10 nitrogen and oxygen atoms in total. The summed E-state index contributed by atoms with van der Waals surface area (Å²) in [6.07, 6.45) is -3.44. The molecule has 3 aromatic rings. The van der Waals surface area contributed by atoms with Gasteiger partial charge in [-0.25, -0.2) is 4.98 Å². The maximum Gasteiger partial charge on any atom is 0.416 e. The average molecular weight is 563 g/mol. The molecular weight excluding hydrogens is 541 g/mol. The lowest BCUT2D eigenvalue weighted by Crippen LogP contribution is -2.44. The van der Waals surface area contributed by atoms with Gasteiger partial charge in [-0.05, 0) is 43.4 Å². The number of benzene rings is 2. The summed E-state index contributed by atoms with van der Waals surface area (Å²) in [6, 6.07) is 7.63. The van der Waals surface area contributed by atoms with Crippen molar-refractivity contribution in [3.8, 4) is 17.4 Å². The summed E-state index contributed by atoms with van der Waals surface area (Å²) in [4.78, 5) is 36.5. The fourth-order valence-electron chi connectivity index (χ4n) is 4.08. The van der Waals surface area contributed by atoms with Gasteiger partial charge in [-0.1, -0.05) is 11.6 Å². The molecule has 0 radical (unpaired) electrons. The molecule has 0 unspecified atom stereocenters. The van der Waals surface area contributed by atoms with E-state index in [0.29, 0.717) is 31.9 Å². The third-order valence-electron chi connectivity index (χ3n) is 6.15. The predicted molar refractivity (Wildman–Crippen MR) is 137 cm³/mol. The Balaban J connectivity index is 1.39. The highest BCUT2D eigenvalue weighted by Crippen LogP contribution is 2.39. The molecule has 0 aliphatic carbocycles. The van der Waals surface area contributed by atoms with Crippen molar-refractivity contribution in [3.05, 3.63) is 58.9 Å². The molecule has 1 saturated heterocycles. The number of amides is 2. The first kappa shape index (κ1) is 26.5. The second kappa shape index (κ2) is 10.6. The van der Waals surface area contributed by atoms with Crippen molar-refractivity contribution in [2.45, 2.75) is 6.18 Å². The highest BCUT2D eigenvalue weighted by atomic mass is 35.5. The summed E-state index contributed by atoms with van der Waals surface area (Å²) < 4.78 is 52.1. The number of piperazine rings is 1. The van der Waals surface area contributed by atoms with Gasteiger partial charge in [0.25, 0.3) is 17.7 Å². The molecule has 1 fully saturated rings. The predicted octanol–water partition coefficient (Wildman–Crippen LogP) is 4.28. The summed E-state index contributed by atoms with van der Waals surface area (Å²) in [5, 5.41) is 5.21. The summed E-state index contributed by atoms with van der Waals surface area (Å²) in [5.41, 5.74) is -0.427. The summed E-state index contributed by atoms with van der Waals surface area (Å²) >= 11 is 6.26. The lowest BCUT2D eigenvalue weighted by Gasteiger charge is -2.34. The molecule has 0 saturated carbocycles. The molecule has 2 amide bonds. The van der Waals surface area contributed by atoms with Crippen LogP contribution in [0.25, 0.3) is 0 Å². The first-order valence-corrected chi connectivity index (χ1v) is 12.2. The lowest BCUT2D eigenvalue weighted by atomic mass is 10.1. The molecule has 14 heteroatoms. The van der Waals surface area contributed by atoms with Crippen LogP contribution in [-0.4, -0.2) is 66.5 Å². The molecule has 0 atom stereocenters. The second-order valence-corrected chi connectivity index (χ2v) is 9.36. The van der Waals surface area contributed by atoms with Gasteiger partial charge < -0.3 is 29.9 Å². The van der Waals surface area contributed by atoms with Crippen LogP contribution in [0.3, 0.4) is 0 Å². The minimum Gasteiger partial charge on any atom is -0.475 e. The minimum atomic E-state index is -4.60. The Morgan fingerprint density at radius 2 is 1.90 bits per heavy atom. The van der Waals surface area contributed by atoms with E-state index in [1.54, 1.807) is 0 Å². The number of nitrogens with one attached hydrogen (secondary N) is 2. The Morgan fingerprint density at radius 1 is 1.13 bits per heavy atom. The largest absolute Gasteiger partial charge is 0.475 e. The van der Waals surface area contributed by atoms with E-state index in [1.807, 2.05) is 11.9 Å². The van der Waals surface area contributed by atoms with Gasteiger partial charge in [0.15, 0.2) is 12.4 Å². The number of rotatable bonds is 5. The Hall–Kier alpha value is -4.10. The van der Waals surface area contributed by atoms with Crippen LogP contribution in [0, 0.1) is 0 Å². The molecule has 2 N–H and O–H groups in total. The van der Waals surface area contributed by atoms with Crippen molar-refractivity contribution in [1.82, 2.24) is 14.9 Å². The van der Waals surface area contributed by atoms with Crippen molar-refractivity contribution in [2.24, 2.45) is 0 Å². The highest BCUT2D eigenvalue weighted by molar-refractivity contribution is 6.32. The highest BCUT2D eigenvalue weighted by Gasteiger charge is 2.32. The van der Waals surface area contributed by atoms with Crippen LogP contribution >= 0.6 is 11.6 Å². The van der Waals surface area contributed by atoms with Crippen LogP contribution in [0.5, 0.6) is 17.4 Å². The van der Waals surface area contributed by atoms with Crippen molar-refractivity contribution >= 4 is 40.6 Å². The molecule has 2 aliphatic rings. The van der Waals surface area contributed by atoms with Crippen LogP contribution in [0.15, 0.2) is 42.7 Å². The third kappa shape index (κ3) is 5.99. The van der Waals surface area contributed by atoms with Crippen LogP contribution in [-0.2, 0) is 11.0 Å². The summed E-state index contributed by atoms with van der Waals surface area (Å²) in [7, 11) is 1.95. The van der Waals surface area contributed by atoms with Crippen molar-refractivity contribution in [2.75, 3.05) is 55.4 Å². The Labute approximate surface area is 225 Å². The molecule has 5 rings (SSSR count). The molecular formula is C25H22ClF3N6O4. The zero-order chi connectivity index (χ0) is 27.7. The molecule has 0 bridgehead atoms. The lowest BCUT2D eigenvalue weighted by molar-refractivity contribution is -0.137. The zero-order valence-corrected chi connectivity index (χ0v) is 21.3. The number of nitrogens with zero attached hydrogens (tertiary/aromatic N) is 4. The van der Waals surface area contributed by atoms with Gasteiger partial charge >= 0.3 is 6.18 Å². The zero-order valence-electron chi connectivity index (χ0n) is 20.5. The number of fused-ring (bicyclic) bond motifs is 1. The van der Waals surface area contributed by atoms with E-state index >= 15 is 0 Å². The van der Waals surface area contributed by atoms with E-state index in [9.17, 15) is 22.8 Å². The SMILES string of the molecule is CN1CCN(c2cc(NC(=O)c3ccc(Cl)c(Oc4ncnc5c4OCC(=O)N5)c3)cc(C(F)(F)F)c2)CC1. The summed E-state index contributed by atoms with van der Waals surface area (Å²) in [5.74, 6) is -0.880. The Kier molecular flexibility index (Phi) is 7.19. The van der Waals surface area contributed by atoms with Gasteiger partial charge in [-0.3, -0.25) is 9.59 Å². The molecule has 2 aliphatic heterocycles. The molecule has 3 heterocycles. The standard InChI is InChI=1S/C25H22ClF3N6O4/c1-34-4-6-35(7-5-34)17-10-15(25(27,28)29)9-16(11-17)32-23(37)14-2-3-18(26)19(8-14)39-24-21-22(30-13-31-24)33-20(36)12-38-21/h2-3,8-11,13H,4-7,12H2,1H3,(H,32,37)(H,30,31,33,36). The number of anilines is 3. The van der Waals surface area contributed by atoms with E-state index in [0.717, 1.165) is 18.5 Å². The van der Waals surface area contributed by atoms with Gasteiger partial charge in [0.05, 0.1) is 10.6 Å². The van der Waals surface area contributed by atoms with E-state index in [-0.39, 0.29) is 46.1 Å². The molecule has 1 aromatic heterocycles. The van der Waals surface area contributed by atoms with Crippen molar-refractivity contribution < 1.29 is 32.2 Å². The molecule has 0 spiro atoms. The first-order valence-electron chi connectivity index (χ1n) is 11.8. The molecule has 204 valence electrons. The number of carbonyl (C=O) groups excluding carboxylic acids is 2. The maximum absolute atomic E-state index is 13.7. The third-order valence-corrected chi connectivity index (χ3v) is 6.46. The summed E-state index contributed by atoms with van der Waals surface area (Å²) in [6.45, 7) is 2.27. The van der Waals surface area contributed by atoms with Gasteiger partial charge in [-0.15, -0.1) is 0 Å². The minimum absolute atomic E-state index is 0.00446. The van der Waals surface area contributed by atoms with Crippen molar-refractivity contribution in [3.63, 3.8) is 0 Å². The van der Waals surface area contributed by atoms with Crippen LogP contribution in [0.4, 0.5) is 30.4 Å². The maximum atomic E-state index is 13.7. The van der Waals surface area contributed by atoms with Gasteiger partial charge in [0, 0.05) is 43.1 Å². The van der Waals surface area contributed by atoms with Gasteiger partial charge in [-0.2, -0.15) is 18.2 Å². The first-order chi connectivity index (χ1) is 18.6. The smallest absolute Gasteiger partial charge is 0.416 e. The van der Waals surface area contributed by atoms with Crippen LogP contribution in [0.2, 0.25) is 5.02 Å². The Bertz CT molecular complexity index is 1430. The molecule has 39 heavy (non-hydrogen) atoms. The van der Waals surface area contributed by atoms with Crippen LogP contribution < -0.4 is 25.0 Å². The number of ether oxygens (including phenoxy) is 2. The van der Waals surface area contributed by atoms with Gasteiger partial charge in [0.1, 0.15) is 12.1 Å². The number of halogens is 4.